The SMILES string of the molecule is COC(=O)[C@H]1NC2CC1N(B(C)O)C2. The van der Waals surface area contributed by atoms with Gasteiger partial charge in [0.15, 0.2) is 0 Å². The first-order chi connectivity index (χ1) is 6.63. The Balaban J connectivity index is 2.07. The Labute approximate surface area is 83.5 Å². The third kappa shape index (κ3) is 1.43. The molecule has 0 saturated carbocycles. The zero-order chi connectivity index (χ0) is 10.3. The first-order valence-electron chi connectivity index (χ1n) is 4.91. The van der Waals surface area contributed by atoms with Crippen molar-refractivity contribution in [3.8, 4) is 0 Å². The van der Waals surface area contributed by atoms with Gasteiger partial charge in [0.2, 0.25) is 0 Å². The average Bonchev–Trinajstić information content (AvgIpc) is 2.74. The van der Waals surface area contributed by atoms with E-state index < -0.39 is 7.05 Å². The third-order valence-electron chi connectivity index (χ3n) is 3.12. The molecule has 0 spiro atoms. The number of methoxy groups -OCH3 is 1. The van der Waals surface area contributed by atoms with E-state index in [2.05, 4.69) is 5.32 Å². The van der Waals surface area contributed by atoms with Gasteiger partial charge in [-0.15, -0.1) is 0 Å². The van der Waals surface area contributed by atoms with E-state index in [1.807, 2.05) is 4.81 Å². The van der Waals surface area contributed by atoms with Gasteiger partial charge < -0.3 is 14.6 Å². The third-order valence-corrected chi connectivity index (χ3v) is 3.12. The molecule has 2 N–H and O–H groups in total. The lowest BCUT2D eigenvalue weighted by molar-refractivity contribution is -0.144. The molecule has 14 heavy (non-hydrogen) atoms. The maximum atomic E-state index is 11.4. The highest BCUT2D eigenvalue weighted by Gasteiger charge is 2.49. The van der Waals surface area contributed by atoms with Crippen molar-refractivity contribution in [1.29, 1.82) is 0 Å². The predicted molar refractivity (Wildman–Crippen MR) is 51.7 cm³/mol. The lowest BCUT2D eigenvalue weighted by Gasteiger charge is -2.32. The molecular formula is C8H15BN2O3. The highest BCUT2D eigenvalue weighted by molar-refractivity contribution is 6.45. The van der Waals surface area contributed by atoms with E-state index in [-0.39, 0.29) is 18.1 Å². The summed E-state index contributed by atoms with van der Waals surface area (Å²) < 4.78 is 4.71. The van der Waals surface area contributed by atoms with Gasteiger partial charge in [0.05, 0.1) is 7.11 Å². The quantitative estimate of drug-likeness (QED) is 0.426. The predicted octanol–water partition coefficient (Wildman–Crippen LogP) is -1.32. The van der Waals surface area contributed by atoms with Crippen molar-refractivity contribution in [1.82, 2.24) is 10.1 Å². The summed E-state index contributed by atoms with van der Waals surface area (Å²) in [6.45, 7) is 2.55. The fourth-order valence-electron chi connectivity index (χ4n) is 2.49. The van der Waals surface area contributed by atoms with Crippen LogP contribution in [0.4, 0.5) is 0 Å². The van der Waals surface area contributed by atoms with E-state index in [1.54, 1.807) is 6.82 Å². The summed E-state index contributed by atoms with van der Waals surface area (Å²) in [5.74, 6) is -0.233. The van der Waals surface area contributed by atoms with Crippen LogP contribution in [0.5, 0.6) is 0 Å². The molecule has 0 aromatic carbocycles. The normalized spacial score (nSPS) is 36.1. The van der Waals surface area contributed by atoms with Crippen LogP contribution in [-0.2, 0) is 9.53 Å². The van der Waals surface area contributed by atoms with Crippen LogP contribution in [0.2, 0.25) is 6.82 Å². The summed E-state index contributed by atoms with van der Waals surface area (Å²) in [5, 5.41) is 12.7. The summed E-state index contributed by atoms with van der Waals surface area (Å²) in [4.78, 5) is 13.3. The van der Waals surface area contributed by atoms with Crippen molar-refractivity contribution in [2.24, 2.45) is 0 Å². The van der Waals surface area contributed by atoms with E-state index >= 15 is 0 Å². The molecule has 2 saturated heterocycles. The van der Waals surface area contributed by atoms with Crippen molar-refractivity contribution in [2.75, 3.05) is 13.7 Å². The van der Waals surface area contributed by atoms with Crippen molar-refractivity contribution < 1.29 is 14.6 Å². The molecule has 2 fully saturated rings. The fraction of sp³-hybridized carbons (Fsp3) is 0.875. The highest BCUT2D eigenvalue weighted by Crippen LogP contribution is 2.28. The van der Waals surface area contributed by atoms with Gasteiger partial charge in [-0.3, -0.25) is 10.1 Å². The monoisotopic (exact) mass is 198 g/mol. The number of nitrogens with zero attached hydrogens (tertiary/aromatic N) is 1. The minimum absolute atomic E-state index is 0.0902. The number of carbonyl (C=O) groups is 1. The van der Waals surface area contributed by atoms with Gasteiger partial charge in [-0.05, 0) is 13.2 Å². The van der Waals surface area contributed by atoms with E-state index in [4.69, 9.17) is 4.74 Å². The lowest BCUT2D eigenvalue weighted by Crippen LogP contribution is -2.58. The highest BCUT2D eigenvalue weighted by atomic mass is 16.5. The Morgan fingerprint density at radius 3 is 2.93 bits per heavy atom. The van der Waals surface area contributed by atoms with Crippen LogP contribution in [0.1, 0.15) is 6.42 Å². The van der Waals surface area contributed by atoms with Crippen molar-refractivity contribution >= 4 is 13.0 Å². The number of piperazine rings is 1. The number of esters is 1. The maximum Gasteiger partial charge on any atom is 0.376 e. The molecule has 0 amide bonds. The van der Waals surface area contributed by atoms with Gasteiger partial charge in [0.1, 0.15) is 6.04 Å². The number of nitrogens with one attached hydrogen (secondary N) is 1. The van der Waals surface area contributed by atoms with E-state index in [9.17, 15) is 9.82 Å². The van der Waals surface area contributed by atoms with Gasteiger partial charge in [0, 0.05) is 18.6 Å². The molecule has 0 aliphatic carbocycles. The van der Waals surface area contributed by atoms with Gasteiger partial charge in [0.25, 0.3) is 0 Å². The molecular weight excluding hydrogens is 183 g/mol. The zero-order valence-electron chi connectivity index (χ0n) is 8.43. The summed E-state index contributed by atoms with van der Waals surface area (Å²) in [5.41, 5.74) is 0. The topological polar surface area (TPSA) is 61.8 Å². The molecule has 3 atom stereocenters. The molecule has 2 unspecified atom stereocenters. The van der Waals surface area contributed by atoms with Crippen LogP contribution >= 0.6 is 0 Å². The number of hydrogen-bond donors (Lipinski definition) is 2. The number of hydrogen-bond acceptors (Lipinski definition) is 5. The average molecular weight is 198 g/mol. The standard InChI is InChI=1S/C8H15BN2O3/c1-9(13)11-4-5-3-6(11)7(10-5)8(12)14-2/h5-7,10,13H,3-4H2,1-2H3/t5?,6?,7-/m0/s1. The Kier molecular flexibility index (Phi) is 2.51. The smallest absolute Gasteiger partial charge is 0.376 e. The molecule has 0 aromatic heterocycles. The van der Waals surface area contributed by atoms with Gasteiger partial charge in [-0.1, -0.05) is 0 Å². The zero-order valence-corrected chi connectivity index (χ0v) is 8.43. The van der Waals surface area contributed by atoms with Gasteiger partial charge in [-0.2, -0.15) is 0 Å². The molecule has 2 heterocycles. The number of rotatable bonds is 2. The van der Waals surface area contributed by atoms with Crippen LogP contribution < -0.4 is 5.32 Å². The molecule has 6 heteroatoms. The van der Waals surface area contributed by atoms with Crippen LogP contribution in [0.25, 0.3) is 0 Å². The number of carbonyl (C=O) groups excluding carboxylic acids is 1. The second kappa shape index (κ2) is 3.53. The molecule has 2 bridgehead atoms. The first-order valence-corrected chi connectivity index (χ1v) is 4.91. The molecule has 5 nitrogen and oxygen atoms in total. The Morgan fingerprint density at radius 2 is 2.43 bits per heavy atom. The molecule has 2 aliphatic heterocycles. The van der Waals surface area contributed by atoms with Crippen molar-refractivity contribution in [3.63, 3.8) is 0 Å². The number of ether oxygens (including phenoxy) is 1. The fourth-order valence-corrected chi connectivity index (χ4v) is 2.49. The van der Waals surface area contributed by atoms with Gasteiger partial charge >= 0.3 is 13.0 Å². The summed E-state index contributed by atoms with van der Waals surface area (Å²) in [6, 6.07) is 0.138. The van der Waals surface area contributed by atoms with Crippen LogP contribution in [0.15, 0.2) is 0 Å². The molecule has 2 aliphatic rings. The second-order valence-electron chi connectivity index (χ2n) is 4.00. The summed E-state index contributed by atoms with van der Waals surface area (Å²) in [7, 11) is 0.905. The second-order valence-corrected chi connectivity index (χ2v) is 4.00. The summed E-state index contributed by atoms with van der Waals surface area (Å²) in [6.07, 6.45) is 0.921. The van der Waals surface area contributed by atoms with E-state index in [1.165, 1.54) is 7.11 Å². The largest absolute Gasteiger partial charge is 0.468 e. The number of fused-ring (bicyclic) bond motifs is 2. The molecule has 0 aromatic rings. The van der Waals surface area contributed by atoms with E-state index in [0.717, 1.165) is 13.0 Å². The maximum absolute atomic E-state index is 11.4. The molecule has 78 valence electrons. The van der Waals surface area contributed by atoms with Crippen LogP contribution in [-0.4, -0.2) is 54.6 Å². The summed E-state index contributed by atoms with van der Waals surface area (Å²) >= 11 is 0. The van der Waals surface area contributed by atoms with Crippen molar-refractivity contribution in [2.45, 2.75) is 31.4 Å². The Hall–Kier alpha value is -0.585. The minimum atomic E-state index is -0.487. The van der Waals surface area contributed by atoms with Crippen LogP contribution in [0, 0.1) is 0 Å². The Morgan fingerprint density at radius 1 is 1.71 bits per heavy atom. The van der Waals surface area contributed by atoms with E-state index in [0.29, 0.717) is 6.04 Å². The van der Waals surface area contributed by atoms with Gasteiger partial charge in [-0.25, -0.2) is 0 Å². The lowest BCUT2D eigenvalue weighted by atomic mass is 9.83. The van der Waals surface area contributed by atoms with Crippen molar-refractivity contribution in [3.05, 3.63) is 0 Å². The molecule has 2 rings (SSSR count). The minimum Gasteiger partial charge on any atom is -0.468 e. The molecule has 0 radical (unpaired) electrons. The first kappa shape index (κ1) is 9.95. The van der Waals surface area contributed by atoms with Crippen LogP contribution in [0.3, 0.4) is 0 Å². The Bertz CT molecular complexity index is 249.